The van der Waals surface area contributed by atoms with E-state index in [1.165, 1.54) is 70.2 Å². The highest BCUT2D eigenvalue weighted by Crippen LogP contribution is 2.56. The molecule has 0 bridgehead atoms. The number of ether oxygens (including phenoxy) is 1. The number of fused-ring (bicyclic) bond motifs is 18. The van der Waals surface area contributed by atoms with Crippen LogP contribution in [0.2, 0.25) is 0 Å². The van der Waals surface area contributed by atoms with Crippen molar-refractivity contribution in [3.05, 3.63) is 436 Å². The summed E-state index contributed by atoms with van der Waals surface area (Å²) in [5, 5.41) is 16.3. The van der Waals surface area contributed by atoms with E-state index in [4.69, 9.17) is 39.1 Å². The van der Waals surface area contributed by atoms with Gasteiger partial charge in [0.15, 0.2) is 34.9 Å². The summed E-state index contributed by atoms with van der Waals surface area (Å²) >= 11 is 0. The van der Waals surface area contributed by atoms with Crippen LogP contribution in [0.5, 0.6) is 0 Å². The standard InChI is InChI=1S/C120H78N8O2/c1-119-61-60-87(116-122-114(78-34-13-6-14-35-78)123-117(126-116)98-56-51-89(70-100(98)85-41-25-40-79(62-85)73-26-7-3-8-27-73)127-107-67-82-38-17-15-36-80(82)63-102(107)96-54-46-75-30-19-21-43-92(75)111(96)127)66-106(119)105-58-49-88(72-120(105,2)130-119)84-50-59-109-104(65-84)95-53-48-86(69-110(95)129-109)115-121-113(77-32-11-5-12-33-77)124-118(125-115)99-57-52-90(71-101(99)94-45-24-23-42-91(94)74-28-9-4-10-29-74)128-108-68-83-39-18-16-37-81(83)64-103(108)97-55-47-76-31-20-22-44-93(76)112(97)128/h3-60,62-72,105H,61H2,1-2H3. The third kappa shape index (κ3) is 12.3. The molecule has 6 heterocycles. The Kier molecular flexibility index (Phi) is 17.0. The molecule has 3 aliphatic rings. The van der Waals surface area contributed by atoms with Crippen LogP contribution in [0.4, 0.5) is 0 Å². The maximum Gasteiger partial charge on any atom is 0.164 e. The highest BCUT2D eigenvalue weighted by Gasteiger charge is 2.54. The molecule has 26 rings (SSSR count). The summed E-state index contributed by atoms with van der Waals surface area (Å²) in [4.78, 5) is 32.9. The number of hydrogen-bond acceptors (Lipinski definition) is 8. The lowest BCUT2D eigenvalue weighted by Crippen LogP contribution is -2.33. The molecule has 18 aromatic carbocycles. The van der Waals surface area contributed by atoms with Gasteiger partial charge in [-0.3, -0.25) is 0 Å². The zero-order valence-corrected chi connectivity index (χ0v) is 71.0. The average molecular weight is 1660 g/mol. The van der Waals surface area contributed by atoms with Crippen molar-refractivity contribution in [2.24, 2.45) is 5.92 Å². The fourth-order valence-corrected chi connectivity index (χ4v) is 21.0. The van der Waals surface area contributed by atoms with E-state index in [1.54, 1.807) is 0 Å². The van der Waals surface area contributed by atoms with E-state index in [0.29, 0.717) is 41.4 Å². The maximum absolute atomic E-state index is 7.48. The molecule has 0 saturated carbocycles. The number of furan rings is 1. The number of rotatable bonds is 13. The second-order valence-corrected chi connectivity index (χ2v) is 35.1. The van der Waals surface area contributed by atoms with Crippen molar-refractivity contribution in [3.8, 4) is 113 Å². The molecule has 1 saturated heterocycles. The van der Waals surface area contributed by atoms with Crippen molar-refractivity contribution in [1.82, 2.24) is 39.0 Å². The second-order valence-electron chi connectivity index (χ2n) is 35.1. The van der Waals surface area contributed by atoms with Gasteiger partial charge in [0.05, 0.1) is 33.3 Å². The third-order valence-electron chi connectivity index (χ3n) is 27.2. The van der Waals surface area contributed by atoms with Gasteiger partial charge in [0.25, 0.3) is 0 Å². The smallest absolute Gasteiger partial charge is 0.164 e. The molecule has 0 radical (unpaired) electrons. The molecular weight excluding hydrogens is 1590 g/mol. The van der Waals surface area contributed by atoms with Crippen molar-refractivity contribution >= 4 is 120 Å². The second kappa shape index (κ2) is 29.5. The Labute approximate surface area is 748 Å². The number of hydrogen-bond donors (Lipinski definition) is 0. The minimum Gasteiger partial charge on any atom is -0.456 e. The first-order valence-corrected chi connectivity index (χ1v) is 44.5. The molecule has 10 nitrogen and oxygen atoms in total. The Morgan fingerprint density at radius 2 is 0.762 bits per heavy atom. The van der Waals surface area contributed by atoms with Crippen LogP contribution in [0.15, 0.2) is 429 Å². The van der Waals surface area contributed by atoms with Crippen molar-refractivity contribution in [2.45, 2.75) is 31.5 Å². The molecule has 0 amide bonds. The summed E-state index contributed by atoms with van der Waals surface area (Å²) in [6.07, 6.45) is 12.1. The highest BCUT2D eigenvalue weighted by atomic mass is 16.5. The van der Waals surface area contributed by atoms with Crippen molar-refractivity contribution < 1.29 is 9.15 Å². The molecule has 610 valence electrons. The van der Waals surface area contributed by atoms with Crippen LogP contribution >= 0.6 is 0 Å². The molecule has 2 aliphatic carbocycles. The van der Waals surface area contributed by atoms with Gasteiger partial charge in [-0.15, -0.1) is 0 Å². The summed E-state index contributed by atoms with van der Waals surface area (Å²) in [5.41, 5.74) is 23.8. The van der Waals surface area contributed by atoms with Crippen LogP contribution in [0.1, 0.15) is 31.7 Å². The Hall–Kier alpha value is -16.7. The summed E-state index contributed by atoms with van der Waals surface area (Å²) in [5.74, 6) is 3.29. The lowest BCUT2D eigenvalue weighted by Gasteiger charge is -2.31. The topological polar surface area (TPSA) is 110 Å². The van der Waals surface area contributed by atoms with Gasteiger partial charge < -0.3 is 18.3 Å². The van der Waals surface area contributed by atoms with Gasteiger partial charge >= 0.3 is 0 Å². The van der Waals surface area contributed by atoms with E-state index in [1.807, 2.05) is 36.4 Å². The summed E-state index contributed by atoms with van der Waals surface area (Å²) in [6, 6.07) is 139. The van der Waals surface area contributed by atoms with E-state index in [9.17, 15) is 0 Å². The molecule has 5 aromatic heterocycles. The van der Waals surface area contributed by atoms with E-state index < -0.39 is 11.2 Å². The molecule has 0 N–H and O–H groups in total. The van der Waals surface area contributed by atoms with Crippen LogP contribution in [0, 0.1) is 5.92 Å². The van der Waals surface area contributed by atoms with Crippen LogP contribution in [-0.4, -0.2) is 50.2 Å². The lowest BCUT2D eigenvalue weighted by atomic mass is 9.74. The monoisotopic (exact) mass is 1660 g/mol. The van der Waals surface area contributed by atoms with Crippen LogP contribution in [0.25, 0.3) is 233 Å². The van der Waals surface area contributed by atoms with Gasteiger partial charge in [0.2, 0.25) is 0 Å². The van der Waals surface area contributed by atoms with Gasteiger partial charge in [-0.25, -0.2) is 29.9 Å². The zero-order chi connectivity index (χ0) is 85.9. The molecule has 1 fully saturated rings. The Balaban J connectivity index is 0.557. The SMILES string of the molecule is CC12CC=C(c3nc(-c4ccccc4)nc(-c4ccc(-n5c6cc7ccccc7cc6c6ccc7ccccc7c65)cc4-c4cccc(-c5ccccc5)c4)n3)C=C1C1C=CC(c3ccc4oc5cc(-c6nc(-c7ccccc7)nc(-c7ccc(-n8c9cc%10ccccc%10cc9c9ccc%10ccccc%10c98)cc7-c7ccccc7-c7ccccc7)n6)ccc5c4c3)=CC1(C)O2. The molecule has 3 atom stereocenters. The molecular formula is C120H78N8O2. The van der Waals surface area contributed by atoms with Gasteiger partial charge in [-0.05, 0) is 217 Å². The number of nitrogens with zero attached hydrogens (tertiary/aromatic N) is 8. The van der Waals surface area contributed by atoms with Gasteiger partial charge in [-0.2, -0.15) is 0 Å². The van der Waals surface area contributed by atoms with Gasteiger partial charge in [-0.1, -0.05) is 315 Å². The predicted octanol–water partition coefficient (Wildman–Crippen LogP) is 30.3. The molecule has 0 spiro atoms. The first kappa shape index (κ1) is 74.7. The van der Waals surface area contributed by atoms with Crippen LogP contribution in [0.3, 0.4) is 0 Å². The largest absolute Gasteiger partial charge is 0.456 e. The number of benzene rings is 18. The lowest BCUT2D eigenvalue weighted by molar-refractivity contribution is -0.0556. The van der Waals surface area contributed by atoms with Gasteiger partial charge in [0.1, 0.15) is 11.2 Å². The van der Waals surface area contributed by atoms with E-state index in [0.717, 1.165) is 144 Å². The summed E-state index contributed by atoms with van der Waals surface area (Å²) in [6.45, 7) is 4.47. The fraction of sp³-hybridized carbons (Fsp3) is 0.0500. The van der Waals surface area contributed by atoms with Crippen molar-refractivity contribution in [3.63, 3.8) is 0 Å². The summed E-state index contributed by atoms with van der Waals surface area (Å²) < 4.78 is 19.3. The molecule has 23 aromatic rings. The minimum absolute atomic E-state index is 0.0908. The summed E-state index contributed by atoms with van der Waals surface area (Å²) in [7, 11) is 0. The van der Waals surface area contributed by atoms with Crippen LogP contribution in [-0.2, 0) is 4.74 Å². The maximum atomic E-state index is 7.48. The fourth-order valence-electron chi connectivity index (χ4n) is 21.0. The van der Waals surface area contributed by atoms with Gasteiger partial charge in [0, 0.05) is 93.8 Å². The molecule has 1 aliphatic heterocycles. The first-order chi connectivity index (χ1) is 64.1. The van der Waals surface area contributed by atoms with E-state index in [-0.39, 0.29) is 5.92 Å². The quantitative estimate of drug-likeness (QED) is 0.112. The first-order valence-electron chi connectivity index (χ1n) is 44.5. The Morgan fingerprint density at radius 1 is 0.285 bits per heavy atom. The number of aromatic nitrogens is 8. The van der Waals surface area contributed by atoms with E-state index >= 15 is 0 Å². The Morgan fingerprint density at radius 3 is 1.38 bits per heavy atom. The predicted molar refractivity (Wildman–Crippen MR) is 534 cm³/mol. The molecule has 130 heavy (non-hydrogen) atoms. The van der Waals surface area contributed by atoms with Crippen molar-refractivity contribution in [2.75, 3.05) is 0 Å². The number of allylic oxidation sites excluding steroid dienone is 4. The van der Waals surface area contributed by atoms with Crippen LogP contribution < -0.4 is 0 Å². The highest BCUT2D eigenvalue weighted by molar-refractivity contribution is 6.23. The van der Waals surface area contributed by atoms with Crippen molar-refractivity contribution in [1.29, 1.82) is 0 Å². The average Bonchev–Trinajstić information content (AvgIpc) is 1.57. The molecule has 3 unspecified atom stereocenters. The minimum atomic E-state index is -0.704. The zero-order valence-electron chi connectivity index (χ0n) is 71.0. The van der Waals surface area contributed by atoms with E-state index in [2.05, 4.69) is 405 Å². The third-order valence-corrected chi connectivity index (χ3v) is 27.2. The molecule has 10 heteroatoms. The normalized spacial score (nSPS) is 16.1. The Bertz CT molecular complexity index is 8850.